The molecule has 5 heteroatoms. The van der Waals surface area contributed by atoms with Crippen LogP contribution in [0.15, 0.2) is 18.2 Å². The first kappa shape index (κ1) is 12.2. The molecular weight excluding hydrogens is 236 g/mol. The van der Waals surface area contributed by atoms with Crippen LogP contribution in [0.5, 0.6) is 0 Å². The molecule has 1 aromatic carbocycles. The molecule has 0 amide bonds. The Morgan fingerprint density at radius 1 is 1.41 bits per heavy atom. The van der Waals surface area contributed by atoms with Crippen molar-refractivity contribution in [3.8, 4) is 0 Å². The maximum Gasteiger partial charge on any atom is 0.152 e. The van der Waals surface area contributed by atoms with Gasteiger partial charge in [0, 0.05) is 5.54 Å². The van der Waals surface area contributed by atoms with E-state index in [9.17, 15) is 8.42 Å². The van der Waals surface area contributed by atoms with Crippen LogP contribution >= 0.6 is 0 Å². The minimum Gasteiger partial charge on any atom is -0.397 e. The second-order valence-electron chi connectivity index (χ2n) is 5.12. The predicted octanol–water partition coefficient (Wildman–Crippen LogP) is 1.57. The van der Waals surface area contributed by atoms with E-state index in [-0.39, 0.29) is 11.5 Å². The van der Waals surface area contributed by atoms with Gasteiger partial charge in [-0.1, -0.05) is 6.07 Å². The molecule has 94 valence electrons. The summed E-state index contributed by atoms with van der Waals surface area (Å²) in [6.45, 7) is 3.91. The number of aryl methyl sites for hydroxylation is 1. The Hall–Kier alpha value is -1.23. The molecule has 1 aromatic rings. The molecule has 3 N–H and O–H groups in total. The molecule has 1 fully saturated rings. The monoisotopic (exact) mass is 254 g/mol. The van der Waals surface area contributed by atoms with Crippen molar-refractivity contribution in [3.05, 3.63) is 23.8 Å². The first-order chi connectivity index (χ1) is 7.80. The van der Waals surface area contributed by atoms with Crippen LogP contribution in [0.1, 0.15) is 18.9 Å². The number of nitrogens with one attached hydrogen (secondary N) is 1. The van der Waals surface area contributed by atoms with Crippen molar-refractivity contribution in [2.45, 2.75) is 25.8 Å². The van der Waals surface area contributed by atoms with E-state index >= 15 is 0 Å². The van der Waals surface area contributed by atoms with Crippen LogP contribution in [-0.2, 0) is 9.84 Å². The molecule has 0 radical (unpaired) electrons. The molecule has 1 saturated heterocycles. The van der Waals surface area contributed by atoms with Crippen molar-refractivity contribution in [2.75, 3.05) is 22.6 Å². The minimum atomic E-state index is -2.90. The topological polar surface area (TPSA) is 72.2 Å². The Morgan fingerprint density at radius 2 is 2.12 bits per heavy atom. The summed E-state index contributed by atoms with van der Waals surface area (Å²) in [5, 5.41) is 3.28. The Labute approximate surface area is 102 Å². The average Bonchev–Trinajstić information content (AvgIpc) is 2.47. The molecule has 1 aliphatic rings. The van der Waals surface area contributed by atoms with Gasteiger partial charge in [-0.05, 0) is 38.0 Å². The highest BCUT2D eigenvalue weighted by Gasteiger charge is 2.38. The Kier molecular flexibility index (Phi) is 2.81. The largest absolute Gasteiger partial charge is 0.397 e. The van der Waals surface area contributed by atoms with Gasteiger partial charge in [-0.2, -0.15) is 0 Å². The Balaban J connectivity index is 2.24. The molecule has 4 nitrogen and oxygen atoms in total. The van der Waals surface area contributed by atoms with Crippen molar-refractivity contribution < 1.29 is 8.42 Å². The molecule has 0 aromatic heterocycles. The van der Waals surface area contributed by atoms with E-state index in [0.717, 1.165) is 11.3 Å². The molecule has 1 atom stereocenters. The van der Waals surface area contributed by atoms with Gasteiger partial charge in [0.05, 0.1) is 22.9 Å². The molecule has 17 heavy (non-hydrogen) atoms. The summed E-state index contributed by atoms with van der Waals surface area (Å²) >= 11 is 0. The van der Waals surface area contributed by atoms with Crippen molar-refractivity contribution in [1.82, 2.24) is 0 Å². The second-order valence-corrected chi connectivity index (χ2v) is 7.30. The quantitative estimate of drug-likeness (QED) is 0.786. The lowest BCUT2D eigenvalue weighted by Crippen LogP contribution is -2.36. The molecule has 1 heterocycles. The number of benzene rings is 1. The number of rotatable bonds is 2. The van der Waals surface area contributed by atoms with E-state index < -0.39 is 15.4 Å². The third-order valence-electron chi connectivity index (χ3n) is 3.15. The zero-order valence-electron chi connectivity index (χ0n) is 10.2. The average molecular weight is 254 g/mol. The summed E-state index contributed by atoms with van der Waals surface area (Å²) in [5.74, 6) is 0.426. The lowest BCUT2D eigenvalue weighted by atomic mass is 10.0. The summed E-state index contributed by atoms with van der Waals surface area (Å²) < 4.78 is 23.0. The first-order valence-electron chi connectivity index (χ1n) is 5.64. The summed E-state index contributed by atoms with van der Waals surface area (Å²) in [6.07, 6.45) is 0.628. The highest BCUT2D eigenvalue weighted by atomic mass is 32.2. The predicted molar refractivity (Wildman–Crippen MR) is 70.9 cm³/mol. The lowest BCUT2D eigenvalue weighted by molar-refractivity contribution is 0.574. The number of hydrogen-bond acceptors (Lipinski definition) is 4. The molecule has 0 spiro atoms. The summed E-state index contributed by atoms with van der Waals surface area (Å²) in [6, 6.07) is 5.73. The van der Waals surface area contributed by atoms with E-state index in [1.54, 1.807) is 0 Å². The van der Waals surface area contributed by atoms with E-state index in [1.165, 1.54) is 0 Å². The van der Waals surface area contributed by atoms with Crippen molar-refractivity contribution >= 4 is 21.2 Å². The zero-order valence-corrected chi connectivity index (χ0v) is 11.0. The van der Waals surface area contributed by atoms with Gasteiger partial charge in [-0.3, -0.25) is 0 Å². The van der Waals surface area contributed by atoms with Crippen molar-refractivity contribution in [2.24, 2.45) is 0 Å². The van der Waals surface area contributed by atoms with Crippen molar-refractivity contribution in [3.63, 3.8) is 0 Å². The minimum absolute atomic E-state index is 0.174. The molecule has 0 bridgehead atoms. The molecule has 0 saturated carbocycles. The fourth-order valence-electron chi connectivity index (χ4n) is 2.21. The van der Waals surface area contributed by atoms with Crippen LogP contribution in [0.2, 0.25) is 0 Å². The van der Waals surface area contributed by atoms with Gasteiger partial charge < -0.3 is 11.1 Å². The van der Waals surface area contributed by atoms with E-state index in [0.29, 0.717) is 12.1 Å². The smallest absolute Gasteiger partial charge is 0.152 e. The van der Waals surface area contributed by atoms with Gasteiger partial charge in [0.1, 0.15) is 0 Å². The van der Waals surface area contributed by atoms with Gasteiger partial charge in [0.2, 0.25) is 0 Å². The highest BCUT2D eigenvalue weighted by Crippen LogP contribution is 2.30. The highest BCUT2D eigenvalue weighted by molar-refractivity contribution is 7.91. The van der Waals surface area contributed by atoms with Crippen LogP contribution in [0.3, 0.4) is 0 Å². The van der Waals surface area contributed by atoms with Gasteiger partial charge in [0.25, 0.3) is 0 Å². The van der Waals surface area contributed by atoms with Gasteiger partial charge in [0.15, 0.2) is 9.84 Å². The molecule has 2 rings (SSSR count). The normalized spacial score (nSPS) is 26.9. The third kappa shape index (κ3) is 2.72. The summed E-state index contributed by atoms with van der Waals surface area (Å²) in [4.78, 5) is 0. The van der Waals surface area contributed by atoms with Crippen LogP contribution in [0.4, 0.5) is 11.4 Å². The van der Waals surface area contributed by atoms with Crippen molar-refractivity contribution in [1.29, 1.82) is 0 Å². The molecule has 1 aliphatic heterocycles. The number of sulfone groups is 1. The van der Waals surface area contributed by atoms with Gasteiger partial charge in [-0.15, -0.1) is 0 Å². The maximum absolute atomic E-state index is 11.5. The number of anilines is 2. The van der Waals surface area contributed by atoms with Gasteiger partial charge >= 0.3 is 0 Å². The van der Waals surface area contributed by atoms with E-state index in [2.05, 4.69) is 5.32 Å². The number of nitrogen functional groups attached to an aromatic ring is 1. The fraction of sp³-hybridized carbons (Fsp3) is 0.500. The lowest BCUT2D eigenvalue weighted by Gasteiger charge is -2.26. The first-order valence-corrected chi connectivity index (χ1v) is 7.47. The summed E-state index contributed by atoms with van der Waals surface area (Å²) in [5.41, 5.74) is 8.06. The van der Waals surface area contributed by atoms with E-state index in [1.807, 2.05) is 32.0 Å². The molecule has 0 aliphatic carbocycles. The SMILES string of the molecule is Cc1ccc(N)c(NC2(C)CCS(=O)(=O)C2)c1. The standard InChI is InChI=1S/C12H18N2O2S/c1-9-3-4-10(13)11(7-9)14-12(2)5-6-17(15,16)8-12/h3-4,7,14H,5-6,8,13H2,1-2H3. The molecule has 1 unspecified atom stereocenters. The zero-order chi connectivity index (χ0) is 12.7. The number of nitrogens with two attached hydrogens (primary N) is 1. The Morgan fingerprint density at radius 3 is 2.71 bits per heavy atom. The van der Waals surface area contributed by atoms with Crippen LogP contribution in [0, 0.1) is 6.92 Å². The van der Waals surface area contributed by atoms with Crippen LogP contribution < -0.4 is 11.1 Å². The number of hydrogen-bond donors (Lipinski definition) is 2. The Bertz CT molecular complexity index is 539. The molecular formula is C12H18N2O2S. The van der Waals surface area contributed by atoms with Gasteiger partial charge in [-0.25, -0.2) is 8.42 Å². The maximum atomic E-state index is 11.5. The van der Waals surface area contributed by atoms with Crippen LogP contribution in [0.25, 0.3) is 0 Å². The summed E-state index contributed by atoms with van der Waals surface area (Å²) in [7, 11) is -2.90. The van der Waals surface area contributed by atoms with E-state index in [4.69, 9.17) is 5.73 Å². The fourth-order valence-corrected chi connectivity index (χ4v) is 4.31. The third-order valence-corrected chi connectivity index (χ3v) is 5.05. The van der Waals surface area contributed by atoms with Crippen LogP contribution in [-0.4, -0.2) is 25.5 Å². The second kappa shape index (κ2) is 3.91.